The summed E-state index contributed by atoms with van der Waals surface area (Å²) >= 11 is 5.08. The van der Waals surface area contributed by atoms with Crippen LogP contribution < -0.4 is 10.6 Å². The van der Waals surface area contributed by atoms with Crippen molar-refractivity contribution >= 4 is 23.1 Å². The quantitative estimate of drug-likeness (QED) is 0.586. The number of anilines is 1. The summed E-state index contributed by atoms with van der Waals surface area (Å²) in [5.74, 6) is 0.752. The number of hydrogen-bond acceptors (Lipinski definition) is 3. The fraction of sp³-hybridized carbons (Fsp3) is 0.400. The van der Waals surface area contributed by atoms with Crippen LogP contribution in [0.25, 0.3) is 0 Å². The first-order valence-electron chi connectivity index (χ1n) is 4.78. The molecule has 5 heteroatoms. The Bertz CT molecular complexity index is 292. The van der Waals surface area contributed by atoms with E-state index in [9.17, 15) is 0 Å². The number of aromatic nitrogens is 1. The second-order valence-electron chi connectivity index (χ2n) is 2.94. The van der Waals surface area contributed by atoms with Crippen LogP contribution in [0.4, 0.5) is 5.82 Å². The van der Waals surface area contributed by atoms with Crippen molar-refractivity contribution in [3.8, 4) is 0 Å². The lowest BCUT2D eigenvalue weighted by Gasteiger charge is -2.08. The van der Waals surface area contributed by atoms with Crippen molar-refractivity contribution in [3.05, 3.63) is 24.4 Å². The minimum absolute atomic E-state index is 0.588. The Morgan fingerprint density at radius 3 is 3.07 bits per heavy atom. The summed E-state index contributed by atoms with van der Waals surface area (Å²) in [6, 6.07) is 5.63. The third-order valence-electron chi connectivity index (χ3n) is 1.72. The van der Waals surface area contributed by atoms with E-state index < -0.39 is 0 Å². The molecule has 0 aliphatic carbocycles. The smallest absolute Gasteiger partial charge is 0.171 e. The highest BCUT2D eigenvalue weighted by atomic mass is 32.1. The summed E-state index contributed by atoms with van der Waals surface area (Å²) < 4.78 is 4.93. The minimum atomic E-state index is 0.588. The molecule has 0 saturated carbocycles. The number of nitrogens with zero attached hydrogens (tertiary/aromatic N) is 1. The zero-order valence-electron chi connectivity index (χ0n) is 8.69. The van der Waals surface area contributed by atoms with E-state index in [0.29, 0.717) is 5.11 Å². The average molecular weight is 225 g/mol. The van der Waals surface area contributed by atoms with Gasteiger partial charge in [-0.2, -0.15) is 0 Å². The van der Waals surface area contributed by atoms with Gasteiger partial charge < -0.3 is 15.4 Å². The van der Waals surface area contributed by atoms with Crippen molar-refractivity contribution in [2.75, 3.05) is 25.6 Å². The van der Waals surface area contributed by atoms with Crippen LogP contribution in [0.2, 0.25) is 0 Å². The summed E-state index contributed by atoms with van der Waals surface area (Å²) in [7, 11) is 1.68. The molecule has 0 spiro atoms. The predicted molar refractivity (Wildman–Crippen MR) is 65.0 cm³/mol. The molecule has 4 nitrogen and oxygen atoms in total. The van der Waals surface area contributed by atoms with Crippen LogP contribution in [0.15, 0.2) is 24.4 Å². The number of ether oxygens (including phenoxy) is 1. The number of nitrogens with one attached hydrogen (secondary N) is 2. The lowest BCUT2D eigenvalue weighted by molar-refractivity contribution is 0.196. The SMILES string of the molecule is COCCCNC(=S)Nc1ccccn1. The van der Waals surface area contributed by atoms with Crippen LogP contribution >= 0.6 is 12.2 Å². The zero-order chi connectivity index (χ0) is 10.9. The molecule has 0 atom stereocenters. The molecule has 0 aliphatic heterocycles. The highest BCUT2D eigenvalue weighted by molar-refractivity contribution is 7.80. The Kier molecular flexibility index (Phi) is 5.65. The lowest BCUT2D eigenvalue weighted by Crippen LogP contribution is -2.30. The summed E-state index contributed by atoms with van der Waals surface area (Å²) in [6.07, 6.45) is 2.65. The van der Waals surface area contributed by atoms with Crippen LogP contribution in [0.1, 0.15) is 6.42 Å². The van der Waals surface area contributed by atoms with E-state index in [2.05, 4.69) is 15.6 Å². The van der Waals surface area contributed by atoms with E-state index in [4.69, 9.17) is 17.0 Å². The molecule has 1 rings (SSSR count). The van der Waals surface area contributed by atoms with E-state index in [1.54, 1.807) is 13.3 Å². The third-order valence-corrected chi connectivity index (χ3v) is 1.96. The van der Waals surface area contributed by atoms with Crippen LogP contribution in [-0.4, -0.2) is 30.4 Å². The second-order valence-corrected chi connectivity index (χ2v) is 3.35. The number of thiocarbonyl (C=S) groups is 1. The van der Waals surface area contributed by atoms with Gasteiger partial charge in [0.25, 0.3) is 0 Å². The van der Waals surface area contributed by atoms with Crippen molar-refractivity contribution in [2.24, 2.45) is 0 Å². The lowest BCUT2D eigenvalue weighted by atomic mass is 10.4. The van der Waals surface area contributed by atoms with E-state index in [0.717, 1.165) is 25.4 Å². The Morgan fingerprint density at radius 1 is 1.53 bits per heavy atom. The number of hydrogen-bond donors (Lipinski definition) is 2. The molecule has 2 N–H and O–H groups in total. The standard InChI is InChI=1S/C10H15N3OS/c1-14-8-4-7-12-10(15)13-9-5-2-3-6-11-9/h2-3,5-6H,4,7-8H2,1H3,(H2,11,12,13,15). The molecule has 0 amide bonds. The average Bonchev–Trinajstić information content (AvgIpc) is 2.26. The normalized spacial score (nSPS) is 9.67. The molecule has 1 aromatic heterocycles. The van der Waals surface area contributed by atoms with Gasteiger partial charge in [-0.3, -0.25) is 0 Å². The van der Waals surface area contributed by atoms with Crippen molar-refractivity contribution in [1.29, 1.82) is 0 Å². The maximum absolute atomic E-state index is 5.08. The van der Waals surface area contributed by atoms with Gasteiger partial charge in [0.15, 0.2) is 5.11 Å². The Labute approximate surface area is 95.0 Å². The van der Waals surface area contributed by atoms with E-state index in [-0.39, 0.29) is 0 Å². The molecule has 0 aromatic carbocycles. The highest BCUT2D eigenvalue weighted by Gasteiger charge is 1.96. The maximum atomic E-state index is 5.08. The Hall–Kier alpha value is -1.20. The van der Waals surface area contributed by atoms with Gasteiger partial charge in [-0.15, -0.1) is 0 Å². The molecule has 0 aliphatic rings. The van der Waals surface area contributed by atoms with Gasteiger partial charge in [-0.05, 0) is 30.8 Å². The summed E-state index contributed by atoms with van der Waals surface area (Å²) in [6.45, 7) is 1.53. The first-order valence-corrected chi connectivity index (χ1v) is 5.18. The highest BCUT2D eigenvalue weighted by Crippen LogP contribution is 1.98. The van der Waals surface area contributed by atoms with Crippen molar-refractivity contribution in [2.45, 2.75) is 6.42 Å². The third kappa shape index (κ3) is 5.29. The molecular weight excluding hydrogens is 210 g/mol. The minimum Gasteiger partial charge on any atom is -0.385 e. The molecule has 1 heterocycles. The monoisotopic (exact) mass is 225 g/mol. The molecule has 0 radical (unpaired) electrons. The van der Waals surface area contributed by atoms with Crippen molar-refractivity contribution in [1.82, 2.24) is 10.3 Å². The van der Waals surface area contributed by atoms with Crippen molar-refractivity contribution in [3.63, 3.8) is 0 Å². The van der Waals surface area contributed by atoms with Gasteiger partial charge >= 0.3 is 0 Å². The molecule has 0 unspecified atom stereocenters. The van der Waals surface area contributed by atoms with E-state index in [1.165, 1.54) is 0 Å². The van der Waals surface area contributed by atoms with Gasteiger partial charge in [0.2, 0.25) is 0 Å². The van der Waals surface area contributed by atoms with Gasteiger partial charge in [0, 0.05) is 26.5 Å². The van der Waals surface area contributed by atoms with Crippen molar-refractivity contribution < 1.29 is 4.74 Å². The Balaban J connectivity index is 2.19. The zero-order valence-corrected chi connectivity index (χ0v) is 9.51. The topological polar surface area (TPSA) is 46.2 Å². The van der Waals surface area contributed by atoms with E-state index >= 15 is 0 Å². The van der Waals surface area contributed by atoms with Gasteiger partial charge in [0.1, 0.15) is 5.82 Å². The molecule has 0 bridgehead atoms. The summed E-state index contributed by atoms with van der Waals surface area (Å²) in [4.78, 5) is 4.10. The Morgan fingerprint density at radius 2 is 2.40 bits per heavy atom. The largest absolute Gasteiger partial charge is 0.385 e. The van der Waals surface area contributed by atoms with Crippen LogP contribution in [0, 0.1) is 0 Å². The molecule has 1 aromatic rings. The van der Waals surface area contributed by atoms with Crippen LogP contribution in [0.5, 0.6) is 0 Å². The first-order chi connectivity index (χ1) is 7.33. The molecule has 15 heavy (non-hydrogen) atoms. The number of methoxy groups -OCH3 is 1. The number of pyridine rings is 1. The predicted octanol–water partition coefficient (Wildman–Crippen LogP) is 1.40. The molecular formula is C10H15N3OS. The van der Waals surface area contributed by atoms with Gasteiger partial charge in [-0.1, -0.05) is 6.07 Å². The molecule has 0 saturated heterocycles. The van der Waals surface area contributed by atoms with Crippen LogP contribution in [-0.2, 0) is 4.74 Å². The fourth-order valence-corrected chi connectivity index (χ4v) is 1.22. The maximum Gasteiger partial charge on any atom is 0.171 e. The van der Waals surface area contributed by atoms with Gasteiger partial charge in [-0.25, -0.2) is 4.98 Å². The summed E-state index contributed by atoms with van der Waals surface area (Å²) in [5, 5.41) is 6.64. The molecule has 82 valence electrons. The summed E-state index contributed by atoms with van der Waals surface area (Å²) in [5.41, 5.74) is 0. The first kappa shape index (κ1) is 11.9. The van der Waals surface area contributed by atoms with Crippen LogP contribution in [0.3, 0.4) is 0 Å². The second kappa shape index (κ2) is 7.14. The fourth-order valence-electron chi connectivity index (χ4n) is 1.02. The molecule has 0 fully saturated rings. The van der Waals surface area contributed by atoms with E-state index in [1.807, 2.05) is 18.2 Å². The number of rotatable bonds is 5. The van der Waals surface area contributed by atoms with Gasteiger partial charge in [0.05, 0.1) is 0 Å².